The van der Waals surface area contributed by atoms with E-state index >= 15 is 0 Å². The highest BCUT2D eigenvalue weighted by Gasteiger charge is 2.28. The number of hydrogen-bond donors (Lipinski definition) is 3. The number of aryl methyl sites for hydroxylation is 2. The van der Waals surface area contributed by atoms with Gasteiger partial charge < -0.3 is 25.1 Å². The summed E-state index contributed by atoms with van der Waals surface area (Å²) >= 11 is 0. The zero-order valence-electron chi connectivity index (χ0n) is 15.4. The Kier molecular flexibility index (Phi) is 5.69. The molecule has 0 unspecified atom stereocenters. The summed E-state index contributed by atoms with van der Waals surface area (Å²) in [5.41, 5.74) is 0.380. The number of nitrogens with one attached hydrogen (secondary N) is 2. The van der Waals surface area contributed by atoms with Crippen LogP contribution in [0, 0.1) is 13.8 Å². The molecule has 2 amide bonds. The van der Waals surface area contributed by atoms with Gasteiger partial charge in [0.25, 0.3) is 0 Å². The molecule has 0 aliphatic carbocycles. The van der Waals surface area contributed by atoms with Crippen LogP contribution in [0.15, 0.2) is 28.8 Å². The lowest BCUT2D eigenvalue weighted by Crippen LogP contribution is -2.43. The van der Waals surface area contributed by atoms with Gasteiger partial charge in [0, 0.05) is 38.0 Å². The smallest absolute Gasteiger partial charge is 0.315 e. The van der Waals surface area contributed by atoms with Crippen LogP contribution in [0.2, 0.25) is 0 Å². The van der Waals surface area contributed by atoms with Crippen molar-refractivity contribution in [3.8, 4) is 0 Å². The first-order chi connectivity index (χ1) is 11.7. The number of nitrogens with zero attached hydrogens (tertiary/aromatic N) is 2. The fourth-order valence-electron chi connectivity index (χ4n) is 2.72. The summed E-state index contributed by atoms with van der Waals surface area (Å²) < 4.78 is 5.45. The maximum Gasteiger partial charge on any atom is 0.315 e. The Labute approximate surface area is 148 Å². The predicted octanol–water partition coefficient (Wildman–Crippen LogP) is 2.06. The molecule has 0 aliphatic heterocycles. The molecule has 7 heteroatoms. The van der Waals surface area contributed by atoms with E-state index < -0.39 is 5.60 Å². The van der Waals surface area contributed by atoms with E-state index in [4.69, 9.17) is 4.42 Å². The van der Waals surface area contributed by atoms with E-state index in [0.29, 0.717) is 17.9 Å². The van der Waals surface area contributed by atoms with Crippen LogP contribution in [0.25, 0.3) is 0 Å². The molecule has 2 heterocycles. The number of rotatable bonds is 6. The second kappa shape index (κ2) is 7.57. The maximum absolute atomic E-state index is 12.1. The molecule has 25 heavy (non-hydrogen) atoms. The molecular weight excluding hydrogens is 320 g/mol. The van der Waals surface area contributed by atoms with Crippen molar-refractivity contribution in [3.05, 3.63) is 47.0 Å². The van der Waals surface area contributed by atoms with E-state index in [9.17, 15) is 9.90 Å². The molecule has 2 rings (SSSR count). The molecule has 0 fully saturated rings. The number of aromatic nitrogens is 1. The lowest BCUT2D eigenvalue weighted by molar-refractivity contribution is 0.0579. The first-order valence-corrected chi connectivity index (χ1v) is 8.13. The summed E-state index contributed by atoms with van der Waals surface area (Å²) in [6.45, 7) is 5.69. The lowest BCUT2D eigenvalue weighted by atomic mass is 9.96. The van der Waals surface area contributed by atoms with Gasteiger partial charge in [-0.25, -0.2) is 9.78 Å². The highest BCUT2D eigenvalue weighted by atomic mass is 16.3. The van der Waals surface area contributed by atoms with Crippen LogP contribution in [-0.4, -0.2) is 36.8 Å². The lowest BCUT2D eigenvalue weighted by Gasteiger charge is -2.23. The van der Waals surface area contributed by atoms with Crippen molar-refractivity contribution in [1.82, 2.24) is 15.6 Å². The van der Waals surface area contributed by atoms with E-state index in [1.807, 2.05) is 38.1 Å². The standard InChI is InChI=1S/C18H26N4O3/c1-12-9-15(13(2)25-12)18(3,24)11-21-17(23)20-10-14-7-6-8-19-16(14)22(4)5/h6-9,24H,10-11H2,1-5H3,(H2,20,21,23)/t18-/m0/s1. The number of furan rings is 1. The van der Waals surface area contributed by atoms with Gasteiger partial charge in [0.05, 0.1) is 6.54 Å². The van der Waals surface area contributed by atoms with E-state index in [1.165, 1.54) is 0 Å². The molecule has 0 saturated heterocycles. The minimum absolute atomic E-state index is 0.0756. The summed E-state index contributed by atoms with van der Waals surface area (Å²) in [4.78, 5) is 18.3. The molecule has 0 aliphatic rings. The van der Waals surface area contributed by atoms with Crippen molar-refractivity contribution < 1.29 is 14.3 Å². The first kappa shape index (κ1) is 18.8. The molecule has 7 nitrogen and oxygen atoms in total. The van der Waals surface area contributed by atoms with Gasteiger partial charge in [-0.15, -0.1) is 0 Å². The molecule has 2 aromatic heterocycles. The van der Waals surface area contributed by atoms with Crippen molar-refractivity contribution >= 4 is 11.8 Å². The summed E-state index contributed by atoms with van der Waals surface area (Å²) in [5.74, 6) is 2.18. The average molecular weight is 346 g/mol. The SMILES string of the molecule is Cc1cc([C@@](C)(O)CNC(=O)NCc2cccnc2N(C)C)c(C)o1. The van der Waals surface area contributed by atoms with E-state index in [1.54, 1.807) is 26.1 Å². The van der Waals surface area contributed by atoms with Gasteiger partial charge >= 0.3 is 6.03 Å². The topological polar surface area (TPSA) is 90.6 Å². The molecule has 2 aromatic rings. The van der Waals surface area contributed by atoms with E-state index in [0.717, 1.165) is 17.1 Å². The van der Waals surface area contributed by atoms with Crippen molar-refractivity contribution in [3.63, 3.8) is 0 Å². The van der Waals surface area contributed by atoms with Crippen molar-refractivity contribution in [2.45, 2.75) is 32.9 Å². The Balaban J connectivity index is 1.92. The molecule has 0 bridgehead atoms. The number of pyridine rings is 1. The minimum atomic E-state index is -1.21. The van der Waals surface area contributed by atoms with E-state index in [-0.39, 0.29) is 12.6 Å². The number of amides is 2. The van der Waals surface area contributed by atoms with Crippen LogP contribution in [0.3, 0.4) is 0 Å². The number of carbonyl (C=O) groups excluding carboxylic acids is 1. The van der Waals surface area contributed by atoms with Crippen LogP contribution in [0.1, 0.15) is 29.6 Å². The Morgan fingerprint density at radius 2 is 2.08 bits per heavy atom. The van der Waals surface area contributed by atoms with Gasteiger partial charge in [-0.3, -0.25) is 0 Å². The molecule has 3 N–H and O–H groups in total. The van der Waals surface area contributed by atoms with Crippen LogP contribution < -0.4 is 15.5 Å². The summed E-state index contributed by atoms with van der Waals surface area (Å²) in [6.07, 6.45) is 1.71. The second-order valence-electron chi connectivity index (χ2n) is 6.52. The summed E-state index contributed by atoms with van der Waals surface area (Å²) in [5, 5.41) is 16.1. The van der Waals surface area contributed by atoms with Crippen LogP contribution in [0.5, 0.6) is 0 Å². The first-order valence-electron chi connectivity index (χ1n) is 8.13. The molecule has 0 aromatic carbocycles. The van der Waals surface area contributed by atoms with Gasteiger partial charge in [0.15, 0.2) is 0 Å². The fraction of sp³-hybridized carbons (Fsp3) is 0.444. The van der Waals surface area contributed by atoms with Crippen molar-refractivity contribution in [2.75, 3.05) is 25.5 Å². The van der Waals surface area contributed by atoms with Gasteiger partial charge in [-0.05, 0) is 32.9 Å². The minimum Gasteiger partial charge on any atom is -0.466 e. The van der Waals surface area contributed by atoms with E-state index in [2.05, 4.69) is 15.6 Å². The summed E-state index contributed by atoms with van der Waals surface area (Å²) in [6, 6.07) is 5.17. The largest absolute Gasteiger partial charge is 0.466 e. The predicted molar refractivity (Wildman–Crippen MR) is 96.6 cm³/mol. The highest BCUT2D eigenvalue weighted by Crippen LogP contribution is 2.26. The van der Waals surface area contributed by atoms with Crippen molar-refractivity contribution in [1.29, 1.82) is 0 Å². The van der Waals surface area contributed by atoms with Gasteiger partial charge in [0.1, 0.15) is 22.9 Å². The van der Waals surface area contributed by atoms with Crippen molar-refractivity contribution in [2.24, 2.45) is 0 Å². The van der Waals surface area contributed by atoms with Gasteiger partial charge in [-0.1, -0.05) is 6.07 Å². The number of aliphatic hydroxyl groups is 1. The Morgan fingerprint density at radius 1 is 1.36 bits per heavy atom. The third kappa shape index (κ3) is 4.73. The number of hydrogen-bond acceptors (Lipinski definition) is 5. The van der Waals surface area contributed by atoms with Crippen LogP contribution >= 0.6 is 0 Å². The fourth-order valence-corrected chi connectivity index (χ4v) is 2.72. The molecule has 0 saturated carbocycles. The summed E-state index contributed by atoms with van der Waals surface area (Å²) in [7, 11) is 3.80. The second-order valence-corrected chi connectivity index (χ2v) is 6.52. The maximum atomic E-state index is 12.1. The Morgan fingerprint density at radius 3 is 2.68 bits per heavy atom. The molecule has 0 radical (unpaired) electrons. The molecular formula is C18H26N4O3. The Hall–Kier alpha value is -2.54. The molecule has 136 valence electrons. The molecule has 1 atom stereocenters. The Bertz CT molecular complexity index is 738. The quantitative estimate of drug-likeness (QED) is 0.745. The van der Waals surface area contributed by atoms with Crippen LogP contribution in [-0.2, 0) is 12.1 Å². The monoisotopic (exact) mass is 346 g/mol. The zero-order chi connectivity index (χ0) is 18.6. The van der Waals surface area contributed by atoms with Gasteiger partial charge in [-0.2, -0.15) is 0 Å². The third-order valence-corrected chi connectivity index (χ3v) is 3.94. The normalized spacial score (nSPS) is 13.2. The number of carbonyl (C=O) groups is 1. The molecule has 0 spiro atoms. The number of anilines is 1. The van der Waals surface area contributed by atoms with Crippen LogP contribution in [0.4, 0.5) is 10.6 Å². The average Bonchev–Trinajstić information content (AvgIpc) is 2.90. The highest BCUT2D eigenvalue weighted by molar-refractivity contribution is 5.74. The van der Waals surface area contributed by atoms with Gasteiger partial charge in [0.2, 0.25) is 0 Å². The third-order valence-electron chi connectivity index (χ3n) is 3.94. The zero-order valence-corrected chi connectivity index (χ0v) is 15.4. The number of urea groups is 1.